The Hall–Kier alpha value is -4.44. The van der Waals surface area contributed by atoms with Crippen LogP contribution in [0.4, 0.5) is 30.5 Å². The van der Waals surface area contributed by atoms with Gasteiger partial charge in [-0.25, -0.2) is 9.97 Å². The number of aromatic nitrogens is 4. The van der Waals surface area contributed by atoms with Crippen molar-refractivity contribution in [3.8, 4) is 5.69 Å². The minimum Gasteiger partial charge on any atom is -0.325 e. The number of aryl methyl sites for hydroxylation is 1. The van der Waals surface area contributed by atoms with Crippen LogP contribution in [0.3, 0.4) is 0 Å². The fourth-order valence-electron chi connectivity index (χ4n) is 3.80. The minimum absolute atomic E-state index is 0.103. The van der Waals surface area contributed by atoms with Crippen LogP contribution >= 0.6 is 11.6 Å². The highest BCUT2D eigenvalue weighted by molar-refractivity contribution is 6.29. The SMILES string of the molecule is Cc1ccc(NC(=O)c2cccc(C(F)(F)F)c2)cc1Nc1nc2ccncc2n1-c1ccnc(Cl)c1. The molecule has 0 aliphatic heterocycles. The van der Waals surface area contributed by atoms with Crippen LogP contribution in [0.2, 0.25) is 5.15 Å². The second kappa shape index (κ2) is 9.55. The lowest BCUT2D eigenvalue weighted by atomic mass is 10.1. The Balaban J connectivity index is 1.47. The van der Waals surface area contributed by atoms with Crippen molar-refractivity contribution in [3.63, 3.8) is 0 Å². The topological polar surface area (TPSA) is 84.7 Å². The number of alkyl halides is 3. The molecule has 0 unspecified atom stereocenters. The third-order valence-electron chi connectivity index (χ3n) is 5.62. The molecule has 2 N–H and O–H groups in total. The summed E-state index contributed by atoms with van der Waals surface area (Å²) in [7, 11) is 0. The van der Waals surface area contributed by atoms with E-state index >= 15 is 0 Å². The number of fused-ring (bicyclic) bond motifs is 1. The van der Waals surface area contributed by atoms with E-state index < -0.39 is 17.6 Å². The van der Waals surface area contributed by atoms with Crippen LogP contribution in [-0.4, -0.2) is 25.4 Å². The summed E-state index contributed by atoms with van der Waals surface area (Å²) < 4.78 is 41.0. The van der Waals surface area contributed by atoms with Crippen molar-refractivity contribution < 1.29 is 18.0 Å². The summed E-state index contributed by atoms with van der Waals surface area (Å²) in [5.41, 5.74) is 3.02. The van der Waals surface area contributed by atoms with Crippen molar-refractivity contribution in [3.05, 3.63) is 101 Å². The molecule has 186 valence electrons. The third-order valence-corrected chi connectivity index (χ3v) is 5.83. The Morgan fingerprint density at radius 3 is 2.65 bits per heavy atom. The molecule has 7 nitrogen and oxygen atoms in total. The van der Waals surface area contributed by atoms with E-state index in [9.17, 15) is 18.0 Å². The van der Waals surface area contributed by atoms with Crippen LogP contribution in [0, 0.1) is 6.92 Å². The number of nitrogens with zero attached hydrogens (tertiary/aromatic N) is 4. The average molecular weight is 523 g/mol. The number of halogens is 4. The molecule has 2 aromatic carbocycles. The molecule has 11 heteroatoms. The molecule has 37 heavy (non-hydrogen) atoms. The number of rotatable bonds is 5. The Bertz CT molecular complexity index is 1630. The van der Waals surface area contributed by atoms with Gasteiger partial charge in [-0.1, -0.05) is 23.7 Å². The van der Waals surface area contributed by atoms with Crippen LogP contribution in [0.5, 0.6) is 0 Å². The predicted octanol–water partition coefficient (Wildman–Crippen LogP) is 6.79. The number of imidazole rings is 1. The predicted molar refractivity (Wildman–Crippen MR) is 136 cm³/mol. The van der Waals surface area contributed by atoms with Gasteiger partial charge in [-0.2, -0.15) is 13.2 Å². The number of hydrogen-bond acceptors (Lipinski definition) is 5. The lowest BCUT2D eigenvalue weighted by molar-refractivity contribution is -0.137. The monoisotopic (exact) mass is 522 g/mol. The standard InChI is InChI=1S/C26H18ClF3N6O/c1-15-5-6-18(33-24(37)16-3-2-4-17(11-16)26(28,29)30)12-21(15)35-25-34-20-8-9-31-14-22(20)36(25)19-7-10-32-23(27)13-19/h2-14H,1H3,(H,33,37)(H,34,35). The second-order valence-electron chi connectivity index (χ2n) is 8.16. The number of hydrogen-bond donors (Lipinski definition) is 2. The molecule has 0 saturated heterocycles. The maximum atomic E-state index is 13.1. The summed E-state index contributed by atoms with van der Waals surface area (Å²) in [5, 5.41) is 6.26. The maximum Gasteiger partial charge on any atom is 0.416 e. The summed E-state index contributed by atoms with van der Waals surface area (Å²) >= 11 is 6.12. The van der Waals surface area contributed by atoms with Gasteiger partial charge in [0.05, 0.1) is 28.5 Å². The molecule has 1 amide bonds. The summed E-state index contributed by atoms with van der Waals surface area (Å²) in [4.78, 5) is 25.6. The Kier molecular flexibility index (Phi) is 6.26. The molecule has 0 atom stereocenters. The molecule has 3 aromatic heterocycles. The number of benzene rings is 2. The van der Waals surface area contributed by atoms with Crippen molar-refractivity contribution in [2.24, 2.45) is 0 Å². The zero-order chi connectivity index (χ0) is 26.2. The van der Waals surface area contributed by atoms with E-state index in [-0.39, 0.29) is 5.56 Å². The van der Waals surface area contributed by atoms with Gasteiger partial charge >= 0.3 is 6.18 Å². The van der Waals surface area contributed by atoms with Gasteiger partial charge < -0.3 is 10.6 Å². The van der Waals surface area contributed by atoms with E-state index in [4.69, 9.17) is 11.6 Å². The first-order chi connectivity index (χ1) is 17.7. The summed E-state index contributed by atoms with van der Waals surface area (Å²) in [5.74, 6) is -0.194. The molecule has 0 aliphatic rings. The number of pyridine rings is 2. The van der Waals surface area contributed by atoms with Gasteiger partial charge in [0.1, 0.15) is 5.15 Å². The van der Waals surface area contributed by atoms with Crippen molar-refractivity contribution >= 4 is 45.9 Å². The molecule has 0 spiro atoms. The first kappa shape index (κ1) is 24.3. The molecular weight excluding hydrogens is 505 g/mol. The highest BCUT2D eigenvalue weighted by atomic mass is 35.5. The molecule has 3 heterocycles. The lowest BCUT2D eigenvalue weighted by Gasteiger charge is -2.14. The molecule has 0 radical (unpaired) electrons. The van der Waals surface area contributed by atoms with E-state index in [1.54, 1.807) is 55.0 Å². The van der Waals surface area contributed by atoms with Crippen LogP contribution in [0.15, 0.2) is 79.3 Å². The van der Waals surface area contributed by atoms with E-state index in [1.807, 2.05) is 11.5 Å². The van der Waals surface area contributed by atoms with Crippen molar-refractivity contribution in [2.75, 3.05) is 10.6 Å². The zero-order valence-electron chi connectivity index (χ0n) is 19.2. The third kappa shape index (κ3) is 5.10. The van der Waals surface area contributed by atoms with E-state index in [0.717, 1.165) is 23.2 Å². The summed E-state index contributed by atoms with van der Waals surface area (Å²) in [6.07, 6.45) is 0.356. The number of carbonyl (C=O) groups excluding carboxylic acids is 1. The quantitative estimate of drug-likeness (QED) is 0.248. The van der Waals surface area contributed by atoms with Crippen LogP contribution in [0.25, 0.3) is 16.7 Å². The van der Waals surface area contributed by atoms with Crippen LogP contribution < -0.4 is 10.6 Å². The number of nitrogens with one attached hydrogen (secondary N) is 2. The van der Waals surface area contributed by atoms with E-state index in [2.05, 4.69) is 25.6 Å². The van der Waals surface area contributed by atoms with Crippen molar-refractivity contribution in [1.82, 2.24) is 19.5 Å². The average Bonchev–Trinajstić information content (AvgIpc) is 3.23. The first-order valence-electron chi connectivity index (χ1n) is 11.0. The van der Waals surface area contributed by atoms with Gasteiger partial charge in [0.15, 0.2) is 0 Å². The van der Waals surface area contributed by atoms with Gasteiger partial charge in [-0.3, -0.25) is 14.3 Å². The van der Waals surface area contributed by atoms with Crippen LogP contribution in [-0.2, 0) is 6.18 Å². The fraction of sp³-hybridized carbons (Fsp3) is 0.0769. The Morgan fingerprint density at radius 1 is 1.03 bits per heavy atom. The Morgan fingerprint density at radius 2 is 1.86 bits per heavy atom. The van der Waals surface area contributed by atoms with E-state index in [0.29, 0.717) is 33.7 Å². The van der Waals surface area contributed by atoms with Crippen molar-refractivity contribution in [1.29, 1.82) is 0 Å². The molecule has 0 fully saturated rings. The summed E-state index contributed by atoms with van der Waals surface area (Å²) in [6, 6.07) is 14.6. The van der Waals surface area contributed by atoms with Gasteiger partial charge in [-0.15, -0.1) is 0 Å². The zero-order valence-corrected chi connectivity index (χ0v) is 20.0. The second-order valence-corrected chi connectivity index (χ2v) is 8.55. The highest BCUT2D eigenvalue weighted by Crippen LogP contribution is 2.31. The molecular formula is C26H18ClF3N6O. The summed E-state index contributed by atoms with van der Waals surface area (Å²) in [6.45, 7) is 1.87. The van der Waals surface area contributed by atoms with Crippen molar-refractivity contribution in [2.45, 2.75) is 13.1 Å². The lowest BCUT2D eigenvalue weighted by Crippen LogP contribution is -2.14. The van der Waals surface area contributed by atoms with Gasteiger partial charge in [0.25, 0.3) is 5.91 Å². The van der Waals surface area contributed by atoms with Gasteiger partial charge in [0, 0.05) is 29.3 Å². The smallest absolute Gasteiger partial charge is 0.325 e. The van der Waals surface area contributed by atoms with Gasteiger partial charge in [0.2, 0.25) is 5.95 Å². The van der Waals surface area contributed by atoms with E-state index in [1.165, 1.54) is 12.1 Å². The molecule has 5 aromatic rings. The molecule has 0 saturated carbocycles. The number of anilines is 3. The largest absolute Gasteiger partial charge is 0.416 e. The highest BCUT2D eigenvalue weighted by Gasteiger charge is 2.31. The number of amides is 1. The maximum absolute atomic E-state index is 13.1. The molecule has 0 aliphatic carbocycles. The van der Waals surface area contributed by atoms with Crippen LogP contribution in [0.1, 0.15) is 21.5 Å². The van der Waals surface area contributed by atoms with Gasteiger partial charge in [-0.05, 0) is 61.0 Å². The first-order valence-corrected chi connectivity index (χ1v) is 11.4. The minimum atomic E-state index is -4.54. The number of carbonyl (C=O) groups is 1. The normalized spacial score (nSPS) is 11.5. The Labute approximate surface area is 214 Å². The molecule has 0 bridgehead atoms. The fourth-order valence-corrected chi connectivity index (χ4v) is 3.96. The molecule has 5 rings (SSSR count).